The molecule has 17 heavy (non-hydrogen) atoms. The van der Waals surface area contributed by atoms with Gasteiger partial charge in [-0.1, -0.05) is 12.1 Å². The zero-order valence-electron chi connectivity index (χ0n) is 9.47. The van der Waals surface area contributed by atoms with Crippen LogP contribution < -0.4 is 4.74 Å². The van der Waals surface area contributed by atoms with Gasteiger partial charge in [0.15, 0.2) is 0 Å². The third-order valence-corrected chi connectivity index (χ3v) is 2.82. The Morgan fingerprint density at radius 3 is 2.94 bits per heavy atom. The van der Waals surface area contributed by atoms with Crippen molar-refractivity contribution >= 4 is 10.9 Å². The van der Waals surface area contributed by atoms with Gasteiger partial charge in [-0.05, 0) is 24.3 Å². The summed E-state index contributed by atoms with van der Waals surface area (Å²) in [5.74, 6) is 0.842. The number of benzene rings is 1. The summed E-state index contributed by atoms with van der Waals surface area (Å²) < 4.78 is 5.35. The van der Waals surface area contributed by atoms with E-state index < -0.39 is 0 Å². The quantitative estimate of drug-likeness (QED) is 0.725. The molecule has 0 unspecified atom stereocenters. The summed E-state index contributed by atoms with van der Waals surface area (Å²) in [6, 6.07) is 12.0. The van der Waals surface area contributed by atoms with Crippen molar-refractivity contribution in [2.45, 2.75) is 0 Å². The standard InChI is InChI=1S/C14H12N2O/c1-17-14-5-3-2-4-11(14)12-8-10-6-7-15-13(10)9-16-12/h2-9,15H,1H3. The van der Waals surface area contributed by atoms with Gasteiger partial charge in [0.2, 0.25) is 0 Å². The maximum absolute atomic E-state index is 5.35. The molecule has 1 aromatic carbocycles. The number of nitrogens with one attached hydrogen (secondary N) is 1. The molecular weight excluding hydrogens is 212 g/mol. The zero-order chi connectivity index (χ0) is 11.7. The molecule has 0 saturated carbocycles. The Labute approximate surface area is 99.1 Å². The molecule has 3 nitrogen and oxygen atoms in total. The third-order valence-electron chi connectivity index (χ3n) is 2.82. The Morgan fingerprint density at radius 2 is 2.06 bits per heavy atom. The van der Waals surface area contributed by atoms with Crippen molar-refractivity contribution in [2.75, 3.05) is 7.11 Å². The van der Waals surface area contributed by atoms with Crippen LogP contribution in [0.5, 0.6) is 5.75 Å². The first kappa shape index (κ1) is 9.90. The Kier molecular flexibility index (Phi) is 2.29. The number of hydrogen-bond acceptors (Lipinski definition) is 2. The number of fused-ring (bicyclic) bond motifs is 1. The predicted molar refractivity (Wildman–Crippen MR) is 68.1 cm³/mol. The molecule has 0 saturated heterocycles. The summed E-state index contributed by atoms with van der Waals surface area (Å²) in [4.78, 5) is 7.58. The van der Waals surface area contributed by atoms with Crippen molar-refractivity contribution in [3.63, 3.8) is 0 Å². The minimum absolute atomic E-state index is 0.842. The molecule has 3 aromatic rings. The van der Waals surface area contributed by atoms with Gasteiger partial charge in [-0.2, -0.15) is 0 Å². The van der Waals surface area contributed by atoms with Gasteiger partial charge < -0.3 is 9.72 Å². The van der Waals surface area contributed by atoms with Crippen LogP contribution in [0.25, 0.3) is 22.2 Å². The minimum Gasteiger partial charge on any atom is -0.496 e. The monoisotopic (exact) mass is 224 g/mol. The van der Waals surface area contributed by atoms with E-state index >= 15 is 0 Å². The van der Waals surface area contributed by atoms with Crippen LogP contribution >= 0.6 is 0 Å². The first-order valence-corrected chi connectivity index (χ1v) is 5.45. The summed E-state index contributed by atoms with van der Waals surface area (Å²) >= 11 is 0. The van der Waals surface area contributed by atoms with E-state index in [1.165, 1.54) is 0 Å². The molecule has 0 radical (unpaired) electrons. The second-order valence-electron chi connectivity index (χ2n) is 3.83. The van der Waals surface area contributed by atoms with Gasteiger partial charge in [-0.15, -0.1) is 0 Å². The topological polar surface area (TPSA) is 37.9 Å². The number of methoxy groups -OCH3 is 1. The Bertz CT molecular complexity index is 658. The van der Waals surface area contributed by atoms with E-state index in [1.54, 1.807) is 7.11 Å². The van der Waals surface area contributed by atoms with Crippen LogP contribution in [0, 0.1) is 0 Å². The molecule has 0 aliphatic rings. The van der Waals surface area contributed by atoms with Gasteiger partial charge in [0.1, 0.15) is 5.75 Å². The van der Waals surface area contributed by atoms with E-state index in [1.807, 2.05) is 42.7 Å². The highest BCUT2D eigenvalue weighted by molar-refractivity contribution is 5.83. The molecule has 0 atom stereocenters. The van der Waals surface area contributed by atoms with Crippen LogP contribution in [-0.2, 0) is 0 Å². The normalized spacial score (nSPS) is 10.6. The fourth-order valence-corrected chi connectivity index (χ4v) is 1.95. The van der Waals surface area contributed by atoms with Crippen LogP contribution in [0.2, 0.25) is 0 Å². The summed E-state index contributed by atoms with van der Waals surface area (Å²) in [6.07, 6.45) is 3.76. The molecule has 0 aliphatic heterocycles. The molecule has 0 bridgehead atoms. The molecule has 2 heterocycles. The number of aromatic nitrogens is 2. The van der Waals surface area contributed by atoms with Crippen molar-refractivity contribution in [3.05, 3.63) is 48.8 Å². The van der Waals surface area contributed by atoms with Crippen LogP contribution in [0.4, 0.5) is 0 Å². The average molecular weight is 224 g/mol. The number of rotatable bonds is 2. The molecule has 3 heteroatoms. The first-order valence-electron chi connectivity index (χ1n) is 5.45. The lowest BCUT2D eigenvalue weighted by molar-refractivity contribution is 0.416. The maximum atomic E-state index is 5.35. The van der Waals surface area contributed by atoms with E-state index in [0.717, 1.165) is 27.9 Å². The van der Waals surface area contributed by atoms with Gasteiger partial charge in [0.25, 0.3) is 0 Å². The molecule has 84 valence electrons. The average Bonchev–Trinajstić information content (AvgIpc) is 2.85. The van der Waals surface area contributed by atoms with Crippen molar-refractivity contribution in [2.24, 2.45) is 0 Å². The highest BCUT2D eigenvalue weighted by Gasteiger charge is 2.06. The predicted octanol–water partition coefficient (Wildman–Crippen LogP) is 3.24. The lowest BCUT2D eigenvalue weighted by Gasteiger charge is -2.07. The van der Waals surface area contributed by atoms with Crippen molar-refractivity contribution in [3.8, 4) is 17.0 Å². The van der Waals surface area contributed by atoms with E-state index in [2.05, 4.69) is 16.0 Å². The second kappa shape index (κ2) is 3.94. The molecule has 0 aliphatic carbocycles. The highest BCUT2D eigenvalue weighted by Crippen LogP contribution is 2.29. The van der Waals surface area contributed by atoms with E-state index in [0.29, 0.717) is 0 Å². The van der Waals surface area contributed by atoms with Gasteiger partial charge in [0, 0.05) is 17.1 Å². The van der Waals surface area contributed by atoms with E-state index in [-0.39, 0.29) is 0 Å². The summed E-state index contributed by atoms with van der Waals surface area (Å²) in [6.45, 7) is 0. The Hall–Kier alpha value is -2.29. The molecule has 2 aromatic heterocycles. The fourth-order valence-electron chi connectivity index (χ4n) is 1.95. The number of para-hydroxylation sites is 1. The minimum atomic E-state index is 0.842. The second-order valence-corrected chi connectivity index (χ2v) is 3.83. The van der Waals surface area contributed by atoms with Crippen LogP contribution in [0.3, 0.4) is 0 Å². The van der Waals surface area contributed by atoms with Crippen LogP contribution in [-0.4, -0.2) is 17.1 Å². The van der Waals surface area contributed by atoms with Gasteiger partial charge >= 0.3 is 0 Å². The summed E-state index contributed by atoms with van der Waals surface area (Å²) in [5, 5.41) is 1.15. The molecular formula is C14H12N2O. The van der Waals surface area contributed by atoms with Crippen LogP contribution in [0.1, 0.15) is 0 Å². The third kappa shape index (κ3) is 1.65. The Balaban J connectivity index is 2.19. The number of pyridine rings is 1. The number of aromatic amines is 1. The number of nitrogens with zero attached hydrogens (tertiary/aromatic N) is 1. The molecule has 3 rings (SSSR count). The Morgan fingerprint density at radius 1 is 1.18 bits per heavy atom. The molecule has 1 N–H and O–H groups in total. The van der Waals surface area contributed by atoms with Gasteiger partial charge in [-0.25, -0.2) is 0 Å². The summed E-state index contributed by atoms with van der Waals surface area (Å²) in [7, 11) is 1.67. The van der Waals surface area contributed by atoms with Gasteiger partial charge in [0.05, 0.1) is 24.5 Å². The molecule has 0 fully saturated rings. The molecule has 0 amide bonds. The zero-order valence-corrected chi connectivity index (χ0v) is 9.47. The number of H-pyrrole nitrogens is 1. The van der Waals surface area contributed by atoms with E-state index in [9.17, 15) is 0 Å². The fraction of sp³-hybridized carbons (Fsp3) is 0.0714. The van der Waals surface area contributed by atoms with Crippen molar-refractivity contribution in [1.82, 2.24) is 9.97 Å². The van der Waals surface area contributed by atoms with Crippen molar-refractivity contribution < 1.29 is 4.74 Å². The SMILES string of the molecule is COc1ccccc1-c1cc2cc[nH]c2cn1. The maximum Gasteiger partial charge on any atom is 0.128 e. The lowest BCUT2D eigenvalue weighted by atomic mass is 10.1. The number of ether oxygens (including phenoxy) is 1. The lowest BCUT2D eigenvalue weighted by Crippen LogP contribution is -1.89. The summed E-state index contributed by atoms with van der Waals surface area (Å²) in [5.41, 5.74) is 2.98. The number of hydrogen-bond donors (Lipinski definition) is 1. The molecule has 0 spiro atoms. The highest BCUT2D eigenvalue weighted by atomic mass is 16.5. The van der Waals surface area contributed by atoms with Crippen molar-refractivity contribution in [1.29, 1.82) is 0 Å². The van der Waals surface area contributed by atoms with Gasteiger partial charge in [-0.3, -0.25) is 4.98 Å². The van der Waals surface area contributed by atoms with E-state index in [4.69, 9.17) is 4.74 Å². The van der Waals surface area contributed by atoms with Crippen LogP contribution in [0.15, 0.2) is 48.8 Å². The largest absolute Gasteiger partial charge is 0.496 e. The smallest absolute Gasteiger partial charge is 0.128 e. The first-order chi connectivity index (χ1) is 8.38.